The minimum Gasteiger partial charge on any atom is -0.460 e. The third-order valence-electron chi connectivity index (χ3n) is 19.8. The van der Waals surface area contributed by atoms with Gasteiger partial charge in [0.25, 0.3) is 0 Å². The van der Waals surface area contributed by atoms with Crippen LogP contribution in [0.15, 0.2) is 65.8 Å². The molecule has 7 aliphatic rings. The molecule has 0 radical (unpaired) electrons. The summed E-state index contributed by atoms with van der Waals surface area (Å²) in [6.45, 7) is 22.9. The van der Waals surface area contributed by atoms with Crippen LogP contribution in [0.4, 0.5) is 4.39 Å². The third kappa shape index (κ3) is 6.76. The van der Waals surface area contributed by atoms with Gasteiger partial charge < -0.3 is 15.2 Å². The Morgan fingerprint density at radius 1 is 0.862 bits per heavy atom. The van der Waals surface area contributed by atoms with Crippen LogP contribution in [0.1, 0.15) is 163 Å². The summed E-state index contributed by atoms with van der Waals surface area (Å²) in [5.41, 5.74) is 4.47. The Kier molecular flexibility index (Phi) is 11.2. The normalized spacial score (nSPS) is 44.4. The van der Waals surface area contributed by atoms with Gasteiger partial charge in [-0.25, -0.2) is 4.39 Å². The Morgan fingerprint density at radius 3 is 2.28 bits per heavy atom. The van der Waals surface area contributed by atoms with Crippen molar-refractivity contribution in [2.24, 2.45) is 62.6 Å². The van der Waals surface area contributed by atoms with Crippen LogP contribution in [0.25, 0.3) is 0 Å². The monoisotopic (exact) mass is 796 g/mol. The van der Waals surface area contributed by atoms with E-state index in [1.54, 1.807) is 0 Å². The average molecular weight is 796 g/mol. The van der Waals surface area contributed by atoms with Gasteiger partial charge in [-0.15, -0.1) is 0 Å². The molecule has 0 bridgehead atoms. The van der Waals surface area contributed by atoms with Crippen molar-refractivity contribution in [1.29, 1.82) is 0 Å². The van der Waals surface area contributed by atoms with E-state index in [0.29, 0.717) is 42.4 Å². The largest absolute Gasteiger partial charge is 0.460 e. The summed E-state index contributed by atoms with van der Waals surface area (Å²) in [5.74, 6) is 3.47. The number of halogens is 1. The number of hydrogen-bond donors (Lipinski definition) is 2. The molecule has 5 heteroatoms. The van der Waals surface area contributed by atoms with Crippen molar-refractivity contribution >= 4 is 5.97 Å². The van der Waals surface area contributed by atoms with Crippen LogP contribution in [0.3, 0.4) is 0 Å². The molecule has 2 N–H and O–H groups in total. The number of esters is 1. The highest BCUT2D eigenvalue weighted by Gasteiger charge is 2.70. The molecule has 0 unspecified atom stereocenters. The molecule has 5 fully saturated rings. The predicted molar refractivity (Wildman–Crippen MR) is 235 cm³/mol. The molecular formula is C53H78FNO3. The predicted octanol–water partition coefficient (Wildman–Crippen LogP) is 12.7. The second-order valence-corrected chi connectivity index (χ2v) is 22.9. The molecule has 0 aliphatic heterocycles. The van der Waals surface area contributed by atoms with Crippen molar-refractivity contribution in [3.05, 3.63) is 71.3 Å². The molecule has 0 amide bonds. The molecule has 10 atom stereocenters. The van der Waals surface area contributed by atoms with E-state index in [1.165, 1.54) is 68.1 Å². The molecule has 1 aromatic rings. The van der Waals surface area contributed by atoms with E-state index < -0.39 is 23.7 Å². The molecule has 4 nitrogen and oxygen atoms in total. The highest BCUT2D eigenvalue weighted by Crippen LogP contribution is 2.76. The second kappa shape index (κ2) is 15.3. The number of carbonyl (C=O) groups is 1. The van der Waals surface area contributed by atoms with E-state index in [4.69, 9.17) is 4.74 Å². The van der Waals surface area contributed by atoms with Gasteiger partial charge in [-0.2, -0.15) is 0 Å². The Morgan fingerprint density at radius 2 is 1.60 bits per heavy atom. The van der Waals surface area contributed by atoms with Gasteiger partial charge in [-0.05, 0) is 196 Å². The van der Waals surface area contributed by atoms with Gasteiger partial charge >= 0.3 is 5.97 Å². The van der Waals surface area contributed by atoms with Gasteiger partial charge in [-0.3, -0.25) is 4.79 Å². The molecule has 8 rings (SSSR count). The van der Waals surface area contributed by atoms with Crippen LogP contribution in [-0.4, -0.2) is 35.4 Å². The fraction of sp³-hybridized carbons (Fsp3) is 0.755. The van der Waals surface area contributed by atoms with Crippen molar-refractivity contribution in [3.8, 4) is 0 Å². The van der Waals surface area contributed by atoms with E-state index in [1.807, 2.05) is 30.3 Å². The molecule has 7 aliphatic carbocycles. The maximum atomic E-state index is 14.8. The first-order valence-corrected chi connectivity index (χ1v) is 23.8. The number of fused-ring (bicyclic) bond motifs is 7. The minimum atomic E-state index is -1.09. The topological polar surface area (TPSA) is 58.6 Å². The van der Waals surface area contributed by atoms with Crippen LogP contribution in [0, 0.1) is 62.6 Å². The Bertz CT molecular complexity index is 1770. The van der Waals surface area contributed by atoms with Gasteiger partial charge in [0.05, 0.1) is 11.0 Å². The lowest BCUT2D eigenvalue weighted by molar-refractivity contribution is -0.221. The summed E-state index contributed by atoms with van der Waals surface area (Å²) in [6.07, 6.45) is 22.8. The standard InChI is InChI=1S/C53H78FNO3/c1-36(2)40-20-29-53(55-33-32-52(57)27-16-37(3)17-28-52)31-30-49(7)42(45(40)53)14-15-44-48(6)23-21-41(47(4,5)43(48)22-24-50(44,49)8)39-18-25-51(35-54,26-19-39)46(56)58-34-38-12-10-9-11-13-38/h9-13,18,21,37,40,42-45,55,57H,1,14-17,19-20,22-35H2,2-8H3/t37-,40-,42+,43-,44+,45+,48-,49+,50+,51+,52+,53-/m0/s1. The molecule has 58 heavy (non-hydrogen) atoms. The molecule has 0 heterocycles. The fourth-order valence-corrected chi connectivity index (χ4v) is 16.1. The quantitative estimate of drug-likeness (QED) is 0.183. The first kappa shape index (κ1) is 42.5. The van der Waals surface area contributed by atoms with Crippen LogP contribution in [-0.2, 0) is 16.1 Å². The lowest BCUT2D eigenvalue weighted by Gasteiger charge is -2.72. The van der Waals surface area contributed by atoms with Crippen LogP contribution >= 0.6 is 0 Å². The van der Waals surface area contributed by atoms with Gasteiger partial charge in [0.1, 0.15) is 13.3 Å². The number of carbonyl (C=O) groups excluding carboxylic acids is 1. The summed E-state index contributed by atoms with van der Waals surface area (Å²) in [7, 11) is 0. The molecule has 320 valence electrons. The molecule has 0 spiro atoms. The molecular weight excluding hydrogens is 718 g/mol. The van der Waals surface area contributed by atoms with Crippen molar-refractivity contribution < 1.29 is 19.0 Å². The number of nitrogens with one attached hydrogen (secondary N) is 1. The minimum absolute atomic E-state index is 0.00400. The highest BCUT2D eigenvalue weighted by atomic mass is 19.1. The Balaban J connectivity index is 1.00. The van der Waals surface area contributed by atoms with Crippen molar-refractivity contribution in [2.75, 3.05) is 13.2 Å². The lowest BCUT2D eigenvalue weighted by atomic mass is 9.33. The number of ether oxygens (including phenoxy) is 1. The van der Waals surface area contributed by atoms with E-state index in [-0.39, 0.29) is 33.8 Å². The summed E-state index contributed by atoms with van der Waals surface area (Å²) in [4.78, 5) is 13.4. The summed E-state index contributed by atoms with van der Waals surface area (Å²) in [5, 5.41) is 15.8. The average Bonchev–Trinajstić information content (AvgIpc) is 3.59. The number of rotatable bonds is 10. The molecule has 0 aromatic heterocycles. The van der Waals surface area contributed by atoms with E-state index in [9.17, 15) is 14.3 Å². The summed E-state index contributed by atoms with van der Waals surface area (Å²) < 4.78 is 20.5. The zero-order chi connectivity index (χ0) is 41.4. The fourth-order valence-electron chi connectivity index (χ4n) is 16.1. The van der Waals surface area contributed by atoms with Gasteiger partial charge in [0.15, 0.2) is 0 Å². The lowest BCUT2D eigenvalue weighted by Crippen LogP contribution is -2.68. The Hall–Kier alpha value is -2.24. The first-order chi connectivity index (χ1) is 27.5. The maximum absolute atomic E-state index is 14.8. The van der Waals surface area contributed by atoms with Crippen molar-refractivity contribution in [2.45, 2.75) is 175 Å². The molecule has 5 saturated carbocycles. The zero-order valence-electron chi connectivity index (χ0n) is 37.5. The van der Waals surface area contributed by atoms with E-state index >= 15 is 0 Å². The summed E-state index contributed by atoms with van der Waals surface area (Å²) in [6, 6.07) is 9.71. The number of alkyl halides is 1. The Labute approximate surface area is 351 Å². The van der Waals surface area contributed by atoms with E-state index in [2.05, 4.69) is 72.5 Å². The smallest absolute Gasteiger partial charge is 0.315 e. The van der Waals surface area contributed by atoms with Crippen LogP contribution in [0.5, 0.6) is 0 Å². The van der Waals surface area contributed by atoms with Gasteiger partial charge in [-0.1, -0.05) is 96.2 Å². The van der Waals surface area contributed by atoms with Gasteiger partial charge in [0, 0.05) is 5.54 Å². The second-order valence-electron chi connectivity index (χ2n) is 22.9. The van der Waals surface area contributed by atoms with Gasteiger partial charge in [0.2, 0.25) is 0 Å². The van der Waals surface area contributed by atoms with Crippen molar-refractivity contribution in [3.63, 3.8) is 0 Å². The number of benzene rings is 1. The molecule has 0 saturated heterocycles. The van der Waals surface area contributed by atoms with Crippen LogP contribution in [0.2, 0.25) is 0 Å². The number of hydrogen-bond acceptors (Lipinski definition) is 4. The van der Waals surface area contributed by atoms with Crippen LogP contribution < -0.4 is 5.32 Å². The highest BCUT2D eigenvalue weighted by molar-refractivity contribution is 5.78. The third-order valence-corrected chi connectivity index (χ3v) is 19.8. The zero-order valence-corrected chi connectivity index (χ0v) is 37.5. The van der Waals surface area contributed by atoms with Crippen molar-refractivity contribution in [1.82, 2.24) is 5.32 Å². The molecule has 1 aromatic carbocycles. The van der Waals surface area contributed by atoms with E-state index in [0.717, 1.165) is 63.0 Å². The number of allylic oxidation sites excluding steroid dienone is 5. The number of aliphatic hydroxyl groups is 1. The maximum Gasteiger partial charge on any atom is 0.315 e. The SMILES string of the molecule is C=C(C)[C@@H]1CC[C@]2(NCC[C@]3(O)CC[C@@H](C)CC3)CC[C@]3(C)[C@H](CC[C@@H]4[C@@]5(C)CC=C(C6=CC[C@@](CF)(C(=O)OCc7ccccc7)CC6)C(C)(C)[C@@H]5CC[C@]43C)[C@@H]12. The summed E-state index contributed by atoms with van der Waals surface area (Å²) >= 11 is 0. The first-order valence-electron chi connectivity index (χ1n) is 23.8.